The third kappa shape index (κ3) is 4.35. The summed E-state index contributed by atoms with van der Waals surface area (Å²) in [5.41, 5.74) is 4.62. The first-order valence-electron chi connectivity index (χ1n) is 14.1. The van der Waals surface area contributed by atoms with Gasteiger partial charge in [0.25, 0.3) is 5.91 Å². The Morgan fingerprint density at radius 1 is 0.878 bits per heavy atom. The number of ether oxygens (including phenoxy) is 4. The van der Waals surface area contributed by atoms with Crippen molar-refractivity contribution in [3.8, 4) is 23.0 Å². The van der Waals surface area contributed by atoms with E-state index in [1.165, 1.54) is 0 Å². The number of fused-ring (bicyclic) bond motifs is 5. The van der Waals surface area contributed by atoms with Gasteiger partial charge in [0, 0.05) is 44.8 Å². The Bertz CT molecular complexity index is 1520. The van der Waals surface area contributed by atoms with Gasteiger partial charge in [0.1, 0.15) is 0 Å². The fourth-order valence-corrected chi connectivity index (χ4v) is 6.74. The number of carbonyl (C=O) groups excluding carboxylic acids is 2. The smallest absolute Gasteiger partial charge is 0.254 e. The normalized spacial score (nSPS) is 21.2. The van der Waals surface area contributed by atoms with Crippen molar-refractivity contribution in [3.63, 3.8) is 0 Å². The number of hydrogen-bond donors (Lipinski definition) is 0. The van der Waals surface area contributed by atoms with Crippen LogP contribution >= 0.6 is 0 Å². The molecule has 41 heavy (non-hydrogen) atoms. The Labute approximate surface area is 239 Å². The number of methoxy groups -OCH3 is 2. The van der Waals surface area contributed by atoms with Gasteiger partial charge in [0.2, 0.25) is 12.7 Å². The summed E-state index contributed by atoms with van der Waals surface area (Å²) in [5.74, 6) is 2.36. The summed E-state index contributed by atoms with van der Waals surface area (Å²) < 4.78 is 22.2. The second-order valence-electron chi connectivity index (χ2n) is 11.0. The molecule has 212 valence electrons. The molecule has 0 aliphatic carbocycles. The van der Waals surface area contributed by atoms with Crippen molar-refractivity contribution in [2.24, 2.45) is 0 Å². The Kier molecular flexibility index (Phi) is 6.46. The molecule has 9 heteroatoms. The molecule has 9 nitrogen and oxygen atoms in total. The molecule has 0 N–H and O–H groups in total. The first-order valence-corrected chi connectivity index (χ1v) is 14.1. The van der Waals surface area contributed by atoms with E-state index in [2.05, 4.69) is 11.0 Å². The largest absolute Gasteiger partial charge is 0.493 e. The summed E-state index contributed by atoms with van der Waals surface area (Å²) >= 11 is 0. The molecule has 1 fully saturated rings. The van der Waals surface area contributed by atoms with E-state index in [1.807, 2.05) is 58.3 Å². The second kappa shape index (κ2) is 10.3. The molecule has 0 radical (unpaired) electrons. The second-order valence-corrected chi connectivity index (χ2v) is 11.0. The quantitative estimate of drug-likeness (QED) is 0.476. The van der Waals surface area contributed by atoms with Crippen molar-refractivity contribution >= 4 is 11.8 Å². The van der Waals surface area contributed by atoms with Crippen LogP contribution < -0.4 is 18.9 Å². The average molecular weight is 556 g/mol. The molecule has 0 bridgehead atoms. The lowest BCUT2D eigenvalue weighted by molar-refractivity contribution is -0.136. The van der Waals surface area contributed by atoms with Crippen molar-refractivity contribution < 1.29 is 28.5 Å². The zero-order chi connectivity index (χ0) is 28.1. The van der Waals surface area contributed by atoms with Crippen LogP contribution in [0.15, 0.2) is 54.6 Å². The lowest BCUT2D eigenvalue weighted by Crippen LogP contribution is -2.54. The lowest BCUT2D eigenvalue weighted by atomic mass is 9.75. The third-order valence-corrected chi connectivity index (χ3v) is 8.82. The monoisotopic (exact) mass is 555 g/mol. The fraction of sp³-hybridized carbons (Fsp3) is 0.375. The predicted molar refractivity (Wildman–Crippen MR) is 151 cm³/mol. The van der Waals surface area contributed by atoms with Gasteiger partial charge < -0.3 is 28.7 Å². The van der Waals surface area contributed by atoms with E-state index in [0.717, 1.165) is 53.4 Å². The predicted octanol–water partition coefficient (Wildman–Crippen LogP) is 3.61. The molecule has 7 rings (SSSR count). The molecule has 4 heterocycles. The van der Waals surface area contributed by atoms with Gasteiger partial charge >= 0.3 is 0 Å². The molecule has 2 atom stereocenters. The van der Waals surface area contributed by atoms with E-state index >= 15 is 0 Å². The first-order chi connectivity index (χ1) is 20.1. The van der Waals surface area contributed by atoms with E-state index in [9.17, 15) is 9.59 Å². The fourth-order valence-electron chi connectivity index (χ4n) is 6.74. The Morgan fingerprint density at radius 2 is 1.63 bits per heavy atom. The van der Waals surface area contributed by atoms with Crippen molar-refractivity contribution in [2.45, 2.75) is 24.9 Å². The van der Waals surface area contributed by atoms with Gasteiger partial charge in [0.05, 0.1) is 26.2 Å². The molecule has 4 aliphatic heterocycles. The maximum absolute atomic E-state index is 14.4. The molecule has 1 saturated heterocycles. The van der Waals surface area contributed by atoms with Crippen molar-refractivity contribution in [1.82, 2.24) is 14.7 Å². The van der Waals surface area contributed by atoms with Crippen LogP contribution in [0.2, 0.25) is 0 Å². The molecule has 3 aromatic rings. The highest BCUT2D eigenvalue weighted by Gasteiger charge is 2.48. The summed E-state index contributed by atoms with van der Waals surface area (Å²) in [5, 5.41) is 0. The van der Waals surface area contributed by atoms with Crippen molar-refractivity contribution in [2.75, 3.05) is 53.7 Å². The first kappa shape index (κ1) is 25.7. The van der Waals surface area contributed by atoms with Crippen molar-refractivity contribution in [1.29, 1.82) is 0 Å². The van der Waals surface area contributed by atoms with Gasteiger partial charge in [-0.2, -0.15) is 0 Å². The molecule has 0 aromatic heterocycles. The van der Waals surface area contributed by atoms with E-state index in [4.69, 9.17) is 18.9 Å². The minimum absolute atomic E-state index is 0.0244. The maximum atomic E-state index is 14.4. The summed E-state index contributed by atoms with van der Waals surface area (Å²) in [4.78, 5) is 34.3. The van der Waals surface area contributed by atoms with Crippen LogP contribution in [0.1, 0.15) is 44.6 Å². The highest BCUT2D eigenvalue weighted by Crippen LogP contribution is 2.49. The minimum Gasteiger partial charge on any atom is -0.493 e. The van der Waals surface area contributed by atoms with Gasteiger partial charge in [-0.25, -0.2) is 0 Å². The van der Waals surface area contributed by atoms with Crippen LogP contribution in [0, 0.1) is 0 Å². The molecule has 3 aromatic carbocycles. The summed E-state index contributed by atoms with van der Waals surface area (Å²) in [6.45, 7) is 4.38. The van der Waals surface area contributed by atoms with E-state index < -0.39 is 12.0 Å². The van der Waals surface area contributed by atoms with Gasteiger partial charge in [-0.15, -0.1) is 0 Å². The van der Waals surface area contributed by atoms with E-state index in [0.29, 0.717) is 43.1 Å². The molecule has 0 spiro atoms. The molecule has 2 amide bonds. The van der Waals surface area contributed by atoms with Gasteiger partial charge in [-0.3, -0.25) is 14.5 Å². The van der Waals surface area contributed by atoms with Crippen LogP contribution in [0.3, 0.4) is 0 Å². The summed E-state index contributed by atoms with van der Waals surface area (Å²) in [6.07, 6.45) is 0.694. The number of hydrogen-bond acceptors (Lipinski definition) is 7. The number of carbonyl (C=O) groups is 2. The molecule has 0 saturated carbocycles. The molecular formula is C32H33N3O6. The van der Waals surface area contributed by atoms with E-state index in [1.54, 1.807) is 14.2 Å². The number of nitrogens with zero attached hydrogens (tertiary/aromatic N) is 3. The summed E-state index contributed by atoms with van der Waals surface area (Å²) in [6, 6.07) is 17.2. The highest BCUT2D eigenvalue weighted by molar-refractivity contribution is 6.01. The zero-order valence-electron chi connectivity index (χ0n) is 23.3. The SMILES string of the molecule is COc1cc2c(cc1OC)[C@@H]1[C@@H](C(=O)N3CCN(Cc4ccc5c(c4)OCO5)CC3)c3ccccc3C(=O)N1CC2. The van der Waals surface area contributed by atoms with Gasteiger partial charge in [-0.05, 0) is 59.0 Å². The number of amides is 2. The van der Waals surface area contributed by atoms with Gasteiger partial charge in [0.15, 0.2) is 23.0 Å². The third-order valence-electron chi connectivity index (χ3n) is 8.82. The van der Waals surface area contributed by atoms with Crippen LogP contribution in [0.5, 0.6) is 23.0 Å². The molecule has 0 unspecified atom stereocenters. The Balaban J connectivity index is 1.17. The topological polar surface area (TPSA) is 80.8 Å². The lowest BCUT2D eigenvalue weighted by Gasteiger charge is -2.47. The standard InChI is InChI=1S/C32H33N3O6/c1-38-26-16-21-9-10-35-30(24(21)17-27(26)39-2)29(22-5-3-4-6-23(22)31(35)36)32(37)34-13-11-33(12-14-34)18-20-7-8-25-28(15-20)41-19-40-25/h3-8,15-17,29-30H,9-14,18-19H2,1-2H3/t29-,30+/m0/s1. The average Bonchev–Trinajstić information content (AvgIpc) is 3.48. The summed E-state index contributed by atoms with van der Waals surface area (Å²) in [7, 11) is 3.23. The van der Waals surface area contributed by atoms with Crippen LogP contribution in [-0.4, -0.2) is 80.3 Å². The minimum atomic E-state index is -0.499. The highest BCUT2D eigenvalue weighted by atomic mass is 16.7. The number of rotatable bonds is 5. The van der Waals surface area contributed by atoms with Crippen LogP contribution in [0.4, 0.5) is 0 Å². The van der Waals surface area contributed by atoms with E-state index in [-0.39, 0.29) is 18.6 Å². The van der Waals surface area contributed by atoms with Crippen LogP contribution in [0.25, 0.3) is 0 Å². The number of piperazine rings is 1. The van der Waals surface area contributed by atoms with Crippen molar-refractivity contribution in [3.05, 3.63) is 82.4 Å². The van der Waals surface area contributed by atoms with Crippen LogP contribution in [-0.2, 0) is 17.8 Å². The zero-order valence-corrected chi connectivity index (χ0v) is 23.3. The number of benzene rings is 3. The maximum Gasteiger partial charge on any atom is 0.254 e. The van der Waals surface area contributed by atoms with Gasteiger partial charge in [-0.1, -0.05) is 24.3 Å². The Hall–Kier alpha value is -4.24. The molecule has 4 aliphatic rings. The Morgan fingerprint density at radius 3 is 2.44 bits per heavy atom. The molecular weight excluding hydrogens is 522 g/mol.